The van der Waals surface area contributed by atoms with Crippen LogP contribution in [0.1, 0.15) is 78.6 Å². The molecule has 0 aromatic rings. The van der Waals surface area contributed by atoms with Gasteiger partial charge in [-0.25, -0.2) is 0 Å². The maximum absolute atomic E-state index is 12.7. The van der Waals surface area contributed by atoms with Gasteiger partial charge >= 0.3 is 0 Å². The third-order valence-electron chi connectivity index (χ3n) is 5.46. The average molecular weight is 429 g/mol. The van der Waals surface area contributed by atoms with E-state index in [0.29, 0.717) is 36.0 Å². The zero-order valence-corrected chi connectivity index (χ0v) is 19.4. The first-order valence-electron chi connectivity index (χ1n) is 10.7. The quantitative estimate of drug-likeness (QED) is 0.298. The van der Waals surface area contributed by atoms with Crippen LogP contribution in [0.4, 0.5) is 0 Å². The lowest BCUT2D eigenvalue weighted by atomic mass is 9.97. The lowest BCUT2D eigenvalue weighted by Gasteiger charge is -2.13. The summed E-state index contributed by atoms with van der Waals surface area (Å²) in [5.41, 5.74) is 2.96. The van der Waals surface area contributed by atoms with Gasteiger partial charge < -0.3 is 10.6 Å². The predicted octanol–water partition coefficient (Wildman–Crippen LogP) is 5.14. The van der Waals surface area contributed by atoms with Gasteiger partial charge in [0.15, 0.2) is 0 Å². The number of carbonyl (C=O) groups is 2. The topological polar surface area (TPSA) is 58.2 Å². The van der Waals surface area contributed by atoms with E-state index in [1.54, 1.807) is 0 Å². The van der Waals surface area contributed by atoms with Crippen molar-refractivity contribution in [2.75, 3.05) is 18.8 Å². The van der Waals surface area contributed by atoms with Crippen molar-refractivity contribution < 1.29 is 9.59 Å². The first kappa shape index (κ1) is 25.1. The molecule has 0 saturated heterocycles. The summed E-state index contributed by atoms with van der Waals surface area (Å²) < 4.78 is 0. The molecule has 0 aliphatic heterocycles. The number of allylic oxidation sites excluding steroid dienone is 2. The Morgan fingerprint density at radius 1 is 1.11 bits per heavy atom. The molecule has 0 heterocycles. The molecule has 1 atom stereocenters. The number of unbranched alkanes of at least 4 members (excludes halogenated alkanes) is 3. The number of halogens is 1. The van der Waals surface area contributed by atoms with E-state index in [2.05, 4.69) is 37.1 Å². The van der Waals surface area contributed by atoms with Crippen LogP contribution >= 0.6 is 24.2 Å². The van der Waals surface area contributed by atoms with Crippen LogP contribution in [-0.2, 0) is 9.59 Å². The predicted molar refractivity (Wildman–Crippen MR) is 122 cm³/mol. The number of hydrogen-bond acceptors (Lipinski definition) is 3. The molecule has 0 spiro atoms. The van der Waals surface area contributed by atoms with E-state index >= 15 is 0 Å². The molecule has 0 saturated carbocycles. The second-order valence-electron chi connectivity index (χ2n) is 7.62. The van der Waals surface area contributed by atoms with Crippen molar-refractivity contribution in [3.8, 4) is 0 Å². The number of nitrogens with one attached hydrogen (secondary N) is 2. The molecule has 0 bridgehead atoms. The van der Waals surface area contributed by atoms with Crippen LogP contribution in [0.5, 0.6) is 0 Å². The van der Waals surface area contributed by atoms with Crippen molar-refractivity contribution in [3.05, 3.63) is 21.8 Å². The van der Waals surface area contributed by atoms with Crippen LogP contribution in [0.3, 0.4) is 0 Å². The van der Waals surface area contributed by atoms with Gasteiger partial charge in [-0.1, -0.05) is 36.6 Å². The van der Waals surface area contributed by atoms with Gasteiger partial charge in [-0.2, -0.15) is 12.6 Å². The van der Waals surface area contributed by atoms with Crippen molar-refractivity contribution in [1.29, 1.82) is 0 Å². The van der Waals surface area contributed by atoms with Gasteiger partial charge in [-0.15, -0.1) is 0 Å². The largest absolute Gasteiger partial charge is 0.356 e. The third kappa shape index (κ3) is 8.60. The minimum absolute atomic E-state index is 0.0483. The summed E-state index contributed by atoms with van der Waals surface area (Å²) in [5.74, 6) is 1.31. The Kier molecular flexibility index (Phi) is 12.6. The van der Waals surface area contributed by atoms with Gasteiger partial charge in [0.1, 0.15) is 0 Å². The Bertz CT molecular complexity index is 587. The highest BCUT2D eigenvalue weighted by molar-refractivity contribution is 7.80. The minimum atomic E-state index is -0.0483. The molecule has 0 fully saturated rings. The fraction of sp³-hybridized carbons (Fsp3) is 0.727. The molecule has 0 aromatic carbocycles. The molecule has 0 aromatic heterocycles. The van der Waals surface area contributed by atoms with E-state index in [9.17, 15) is 9.59 Å². The average Bonchev–Trinajstić information content (AvgIpc) is 2.78. The maximum atomic E-state index is 12.7. The summed E-state index contributed by atoms with van der Waals surface area (Å²) in [6.45, 7) is 7.62. The third-order valence-corrected chi connectivity index (χ3v) is 6.27. The lowest BCUT2D eigenvalue weighted by Crippen LogP contribution is -2.28. The Morgan fingerprint density at radius 2 is 1.79 bits per heavy atom. The first-order valence-corrected chi connectivity index (χ1v) is 11.7. The van der Waals surface area contributed by atoms with Crippen LogP contribution in [0.25, 0.3) is 0 Å². The van der Waals surface area contributed by atoms with Crippen molar-refractivity contribution >= 4 is 36.0 Å². The van der Waals surface area contributed by atoms with E-state index in [1.807, 2.05) is 6.92 Å². The fourth-order valence-corrected chi connectivity index (χ4v) is 3.97. The highest BCUT2D eigenvalue weighted by Gasteiger charge is 2.24. The Morgan fingerprint density at radius 3 is 2.43 bits per heavy atom. The molecule has 1 rings (SSSR count). The number of rotatable bonds is 12. The van der Waals surface area contributed by atoms with Crippen LogP contribution in [-0.4, -0.2) is 30.7 Å². The summed E-state index contributed by atoms with van der Waals surface area (Å²) >= 11 is 10.7. The van der Waals surface area contributed by atoms with Crippen LogP contribution in [0.15, 0.2) is 21.8 Å². The summed E-state index contributed by atoms with van der Waals surface area (Å²) in [4.78, 5) is 24.4. The Balaban J connectivity index is 2.34. The fourth-order valence-electron chi connectivity index (χ4n) is 3.35. The molecule has 2 amide bonds. The molecule has 4 nitrogen and oxygen atoms in total. The molecule has 160 valence electrons. The minimum Gasteiger partial charge on any atom is -0.356 e. The van der Waals surface area contributed by atoms with Gasteiger partial charge in [0.25, 0.3) is 5.91 Å². The van der Waals surface area contributed by atoms with Gasteiger partial charge in [0, 0.05) is 19.5 Å². The first-order chi connectivity index (χ1) is 13.4. The Labute approximate surface area is 181 Å². The van der Waals surface area contributed by atoms with E-state index in [1.165, 1.54) is 0 Å². The van der Waals surface area contributed by atoms with Gasteiger partial charge in [0.05, 0.1) is 10.6 Å². The SMILES string of the molecule is CCC1=C(C(=O)NCCCCCNC(=O)CCCCS)C(Cl)=C(C)C(C)CC1. The van der Waals surface area contributed by atoms with Crippen molar-refractivity contribution in [3.63, 3.8) is 0 Å². The smallest absolute Gasteiger partial charge is 0.252 e. The van der Waals surface area contributed by atoms with E-state index in [4.69, 9.17) is 11.6 Å². The van der Waals surface area contributed by atoms with Crippen LogP contribution < -0.4 is 10.6 Å². The molecule has 1 unspecified atom stereocenters. The van der Waals surface area contributed by atoms with Crippen molar-refractivity contribution in [2.45, 2.75) is 78.6 Å². The van der Waals surface area contributed by atoms with Gasteiger partial charge in [-0.3, -0.25) is 9.59 Å². The standard InChI is InChI=1S/C22H37ClN2O2S/c1-4-18-12-11-16(2)17(3)21(23)20(18)22(27)25-14-8-5-7-13-24-19(26)10-6-9-15-28/h16,28H,4-15H2,1-3H3,(H,24,26)(H,25,27). The molecule has 0 radical (unpaired) electrons. The summed E-state index contributed by atoms with van der Waals surface area (Å²) in [6.07, 6.45) is 8.07. The van der Waals surface area contributed by atoms with Crippen LogP contribution in [0, 0.1) is 5.92 Å². The van der Waals surface area contributed by atoms with Crippen LogP contribution in [0.2, 0.25) is 0 Å². The zero-order chi connectivity index (χ0) is 20.9. The van der Waals surface area contributed by atoms with E-state index < -0.39 is 0 Å². The summed E-state index contributed by atoms with van der Waals surface area (Å²) in [7, 11) is 0. The molecule has 28 heavy (non-hydrogen) atoms. The molecule has 1 aliphatic carbocycles. The van der Waals surface area contributed by atoms with Crippen molar-refractivity contribution in [1.82, 2.24) is 10.6 Å². The molecule has 6 heteroatoms. The molecular formula is C22H37ClN2O2S. The zero-order valence-electron chi connectivity index (χ0n) is 17.7. The van der Waals surface area contributed by atoms with Crippen molar-refractivity contribution in [2.24, 2.45) is 5.92 Å². The van der Waals surface area contributed by atoms with E-state index in [0.717, 1.165) is 68.3 Å². The molecule has 2 N–H and O–H groups in total. The lowest BCUT2D eigenvalue weighted by molar-refractivity contribution is -0.121. The molecular weight excluding hydrogens is 392 g/mol. The second-order valence-corrected chi connectivity index (χ2v) is 8.44. The summed E-state index contributed by atoms with van der Waals surface area (Å²) in [6, 6.07) is 0. The van der Waals surface area contributed by atoms with E-state index in [-0.39, 0.29) is 11.8 Å². The number of thiol groups is 1. The highest BCUT2D eigenvalue weighted by Crippen LogP contribution is 2.35. The van der Waals surface area contributed by atoms with Gasteiger partial charge in [0.2, 0.25) is 5.91 Å². The monoisotopic (exact) mass is 428 g/mol. The Hall–Kier alpha value is -0.940. The van der Waals surface area contributed by atoms with Gasteiger partial charge in [-0.05, 0) is 70.0 Å². The normalized spacial score (nSPS) is 17.5. The highest BCUT2D eigenvalue weighted by atomic mass is 35.5. The molecule has 1 aliphatic rings. The maximum Gasteiger partial charge on any atom is 0.252 e. The summed E-state index contributed by atoms with van der Waals surface area (Å²) in [5, 5.41) is 6.62. The number of carbonyl (C=O) groups excluding carboxylic acids is 2. The number of hydrogen-bond donors (Lipinski definition) is 3. The second kappa shape index (κ2) is 14.1. The number of amides is 2.